The number of rotatable bonds is 3. The Labute approximate surface area is 96.0 Å². The van der Waals surface area contributed by atoms with Gasteiger partial charge in [0.15, 0.2) is 5.96 Å². The zero-order valence-corrected chi connectivity index (χ0v) is 10.00. The van der Waals surface area contributed by atoms with Gasteiger partial charge >= 0.3 is 0 Å². The van der Waals surface area contributed by atoms with Gasteiger partial charge in [0.05, 0.1) is 0 Å². The third kappa shape index (κ3) is 3.88. The van der Waals surface area contributed by atoms with Crippen LogP contribution >= 0.6 is 0 Å². The van der Waals surface area contributed by atoms with E-state index in [1.165, 1.54) is 6.07 Å². The largest absolute Gasteiger partial charge is 0.356 e. The lowest BCUT2D eigenvalue weighted by Gasteiger charge is -2.16. The van der Waals surface area contributed by atoms with Crippen molar-refractivity contribution in [1.29, 1.82) is 0 Å². The van der Waals surface area contributed by atoms with Gasteiger partial charge in [0, 0.05) is 27.7 Å². The van der Waals surface area contributed by atoms with Gasteiger partial charge < -0.3 is 10.2 Å². The molecule has 1 aromatic rings. The van der Waals surface area contributed by atoms with E-state index in [9.17, 15) is 4.39 Å². The van der Waals surface area contributed by atoms with Crippen LogP contribution < -0.4 is 5.32 Å². The summed E-state index contributed by atoms with van der Waals surface area (Å²) in [5, 5.41) is 3.19. The van der Waals surface area contributed by atoms with Crippen LogP contribution in [-0.2, 0) is 6.42 Å². The lowest BCUT2D eigenvalue weighted by Crippen LogP contribution is -2.37. The van der Waals surface area contributed by atoms with Gasteiger partial charge in [-0.2, -0.15) is 0 Å². The second-order valence-electron chi connectivity index (χ2n) is 3.75. The van der Waals surface area contributed by atoms with Crippen LogP contribution in [0.25, 0.3) is 0 Å². The molecular weight excluding hydrogens is 205 g/mol. The van der Waals surface area contributed by atoms with Gasteiger partial charge in [0.2, 0.25) is 0 Å². The Morgan fingerprint density at radius 2 is 2.19 bits per heavy atom. The molecule has 0 amide bonds. The van der Waals surface area contributed by atoms with Crippen molar-refractivity contribution in [1.82, 2.24) is 10.2 Å². The van der Waals surface area contributed by atoms with Crippen LogP contribution in [0.1, 0.15) is 5.56 Å². The highest BCUT2D eigenvalue weighted by atomic mass is 19.1. The minimum Gasteiger partial charge on any atom is -0.356 e. The Morgan fingerprint density at radius 3 is 2.75 bits per heavy atom. The molecule has 1 N–H and O–H groups in total. The Morgan fingerprint density at radius 1 is 1.44 bits per heavy atom. The van der Waals surface area contributed by atoms with E-state index >= 15 is 0 Å². The number of guanidine groups is 1. The van der Waals surface area contributed by atoms with E-state index in [1.807, 2.05) is 25.1 Å². The predicted octanol–water partition coefficient (Wildman–Crippen LogP) is 1.51. The van der Waals surface area contributed by atoms with Gasteiger partial charge in [-0.3, -0.25) is 4.99 Å². The van der Waals surface area contributed by atoms with Gasteiger partial charge in [0.25, 0.3) is 0 Å². The number of nitrogens with zero attached hydrogens (tertiary/aromatic N) is 2. The predicted molar refractivity (Wildman–Crippen MR) is 65.2 cm³/mol. The number of nitrogens with one attached hydrogen (secondary N) is 1. The summed E-state index contributed by atoms with van der Waals surface area (Å²) in [5.41, 5.74) is 0.988. The van der Waals surface area contributed by atoms with E-state index in [4.69, 9.17) is 0 Å². The summed E-state index contributed by atoms with van der Waals surface area (Å²) in [6, 6.07) is 6.66. The maximum atomic E-state index is 12.9. The van der Waals surface area contributed by atoms with Crippen molar-refractivity contribution >= 4 is 5.96 Å². The number of aliphatic imine (C=N–C) groups is 1. The summed E-state index contributed by atoms with van der Waals surface area (Å²) < 4.78 is 12.9. The summed E-state index contributed by atoms with van der Waals surface area (Å²) in [6.45, 7) is 0.744. The van der Waals surface area contributed by atoms with Crippen molar-refractivity contribution in [2.45, 2.75) is 6.42 Å². The molecule has 0 atom stereocenters. The highest BCUT2D eigenvalue weighted by Crippen LogP contribution is 2.03. The van der Waals surface area contributed by atoms with Crippen molar-refractivity contribution < 1.29 is 4.39 Å². The Hall–Kier alpha value is -1.58. The fourth-order valence-corrected chi connectivity index (χ4v) is 1.45. The highest BCUT2D eigenvalue weighted by molar-refractivity contribution is 5.79. The molecule has 0 saturated heterocycles. The minimum absolute atomic E-state index is 0.186. The number of hydrogen-bond acceptors (Lipinski definition) is 1. The third-order valence-electron chi connectivity index (χ3n) is 2.22. The molecule has 0 unspecified atom stereocenters. The smallest absolute Gasteiger partial charge is 0.193 e. The number of benzene rings is 1. The van der Waals surface area contributed by atoms with Crippen molar-refractivity contribution in [2.24, 2.45) is 4.99 Å². The van der Waals surface area contributed by atoms with Gasteiger partial charge in [-0.15, -0.1) is 0 Å². The average molecular weight is 223 g/mol. The first-order chi connectivity index (χ1) is 7.63. The van der Waals surface area contributed by atoms with Gasteiger partial charge in [-0.25, -0.2) is 4.39 Å². The molecule has 0 spiro atoms. The van der Waals surface area contributed by atoms with Crippen molar-refractivity contribution in [3.8, 4) is 0 Å². The van der Waals surface area contributed by atoms with Crippen LogP contribution in [0.2, 0.25) is 0 Å². The highest BCUT2D eigenvalue weighted by Gasteiger charge is 2.00. The molecular formula is C12H18FN3. The molecule has 4 heteroatoms. The van der Waals surface area contributed by atoms with E-state index < -0.39 is 0 Å². The fraction of sp³-hybridized carbons (Fsp3) is 0.417. The average Bonchev–Trinajstić information content (AvgIpc) is 2.24. The lowest BCUT2D eigenvalue weighted by molar-refractivity contribution is 0.582. The minimum atomic E-state index is -0.186. The first kappa shape index (κ1) is 12.5. The first-order valence-electron chi connectivity index (χ1n) is 5.26. The van der Waals surface area contributed by atoms with E-state index in [0.717, 1.165) is 24.5 Å². The topological polar surface area (TPSA) is 27.6 Å². The van der Waals surface area contributed by atoms with E-state index in [1.54, 1.807) is 19.2 Å². The lowest BCUT2D eigenvalue weighted by atomic mass is 10.1. The van der Waals surface area contributed by atoms with E-state index in [2.05, 4.69) is 10.3 Å². The molecule has 1 rings (SSSR count). The zero-order valence-electron chi connectivity index (χ0n) is 10.00. The first-order valence-corrected chi connectivity index (χ1v) is 5.26. The summed E-state index contributed by atoms with van der Waals surface area (Å²) in [7, 11) is 5.60. The van der Waals surface area contributed by atoms with Crippen LogP contribution in [0.4, 0.5) is 4.39 Å². The Balaban J connectivity index is 2.41. The second-order valence-corrected chi connectivity index (χ2v) is 3.75. The molecule has 0 aromatic heterocycles. The van der Waals surface area contributed by atoms with Gasteiger partial charge in [0.1, 0.15) is 5.82 Å². The fourth-order valence-electron chi connectivity index (χ4n) is 1.45. The molecule has 0 aliphatic carbocycles. The standard InChI is InChI=1S/C12H18FN3/c1-14-12(16(2)3)15-8-7-10-5-4-6-11(13)9-10/h4-6,9H,7-8H2,1-3H3,(H,14,15). The number of halogens is 1. The van der Waals surface area contributed by atoms with Crippen LogP contribution in [-0.4, -0.2) is 38.5 Å². The summed E-state index contributed by atoms with van der Waals surface area (Å²) >= 11 is 0. The van der Waals surface area contributed by atoms with Gasteiger partial charge in [-0.05, 0) is 24.1 Å². The van der Waals surface area contributed by atoms with Crippen LogP contribution in [0, 0.1) is 5.82 Å². The second kappa shape index (κ2) is 6.10. The summed E-state index contributed by atoms with van der Waals surface area (Å²) in [6.07, 6.45) is 0.782. The number of hydrogen-bond donors (Lipinski definition) is 1. The van der Waals surface area contributed by atoms with E-state index in [-0.39, 0.29) is 5.82 Å². The van der Waals surface area contributed by atoms with Gasteiger partial charge in [-0.1, -0.05) is 12.1 Å². The summed E-state index contributed by atoms with van der Waals surface area (Å²) in [4.78, 5) is 6.00. The molecule has 16 heavy (non-hydrogen) atoms. The molecule has 3 nitrogen and oxygen atoms in total. The van der Waals surface area contributed by atoms with Crippen LogP contribution in [0.5, 0.6) is 0 Å². The molecule has 0 bridgehead atoms. The maximum absolute atomic E-state index is 12.9. The Kier molecular flexibility index (Phi) is 4.76. The molecule has 0 radical (unpaired) electrons. The zero-order chi connectivity index (χ0) is 12.0. The summed E-state index contributed by atoms with van der Waals surface area (Å²) in [5.74, 6) is 0.644. The Bertz CT molecular complexity index is 361. The molecule has 0 heterocycles. The molecule has 0 saturated carbocycles. The van der Waals surface area contributed by atoms with Crippen molar-refractivity contribution in [2.75, 3.05) is 27.7 Å². The van der Waals surface area contributed by atoms with Crippen molar-refractivity contribution in [3.05, 3.63) is 35.6 Å². The van der Waals surface area contributed by atoms with Crippen LogP contribution in [0.3, 0.4) is 0 Å². The van der Waals surface area contributed by atoms with Crippen molar-refractivity contribution in [3.63, 3.8) is 0 Å². The maximum Gasteiger partial charge on any atom is 0.193 e. The van der Waals surface area contributed by atoms with E-state index in [0.29, 0.717) is 0 Å². The SMILES string of the molecule is CN=C(NCCc1cccc(F)c1)N(C)C. The molecule has 88 valence electrons. The molecule has 1 aromatic carbocycles. The van der Waals surface area contributed by atoms with Crippen LogP contribution in [0.15, 0.2) is 29.3 Å². The molecule has 0 aliphatic heterocycles. The molecule has 0 aliphatic rings. The normalized spacial score (nSPS) is 11.4. The monoisotopic (exact) mass is 223 g/mol. The molecule has 0 fully saturated rings. The third-order valence-corrected chi connectivity index (χ3v) is 2.22. The quantitative estimate of drug-likeness (QED) is 0.621.